The first-order chi connectivity index (χ1) is 16.7. The van der Waals surface area contributed by atoms with Crippen molar-refractivity contribution in [2.45, 2.75) is 49.9 Å². The summed E-state index contributed by atoms with van der Waals surface area (Å²) >= 11 is 0. The highest BCUT2D eigenvalue weighted by Crippen LogP contribution is 2.57. The first-order valence-electron chi connectivity index (χ1n) is 12.3. The molecular formula is C27H30N4O3. The molecule has 1 aromatic carbocycles. The second kappa shape index (κ2) is 8.53. The Morgan fingerprint density at radius 2 is 1.97 bits per heavy atom. The van der Waals surface area contributed by atoms with E-state index < -0.39 is 0 Å². The van der Waals surface area contributed by atoms with Crippen LogP contribution < -0.4 is 10.1 Å². The molecule has 0 saturated heterocycles. The first-order valence-corrected chi connectivity index (χ1v) is 12.3. The standard InChI is InChI=1S/C27H30N4O3/c1-33-21-9-7-19(8-10-21)27(12-13-27)26-30-25(34-31-26)23-18-6-5-17(16-18)22(23)24(32)29-15-11-20-4-2-3-14-28-20/h2-4,7-10,14,17-18,22-23H,5-6,11-13,15-16H2,1H3,(H,29,32)/t17-,18+,22-,23-/m0/s1. The van der Waals surface area contributed by atoms with Gasteiger partial charge in [0.1, 0.15) is 5.75 Å². The average Bonchev–Trinajstić information content (AvgIpc) is 3.21. The average molecular weight is 459 g/mol. The lowest BCUT2D eigenvalue weighted by Crippen LogP contribution is -2.38. The lowest BCUT2D eigenvalue weighted by Gasteiger charge is -2.27. The minimum absolute atomic E-state index is 0.0153. The number of nitrogens with one attached hydrogen (secondary N) is 1. The van der Waals surface area contributed by atoms with Crippen LogP contribution in [-0.2, 0) is 16.6 Å². The zero-order valence-electron chi connectivity index (χ0n) is 19.4. The van der Waals surface area contributed by atoms with Gasteiger partial charge in [0.15, 0.2) is 5.82 Å². The van der Waals surface area contributed by atoms with Crippen LogP contribution >= 0.6 is 0 Å². The summed E-state index contributed by atoms with van der Waals surface area (Å²) in [4.78, 5) is 22.5. The molecule has 6 rings (SSSR count). The van der Waals surface area contributed by atoms with Crippen LogP contribution in [0, 0.1) is 17.8 Å². The Morgan fingerprint density at radius 1 is 1.15 bits per heavy atom. The van der Waals surface area contributed by atoms with Crippen LogP contribution in [0.15, 0.2) is 53.2 Å². The van der Waals surface area contributed by atoms with Crippen LogP contribution in [0.5, 0.6) is 5.75 Å². The maximum Gasteiger partial charge on any atom is 0.230 e. The topological polar surface area (TPSA) is 90.1 Å². The van der Waals surface area contributed by atoms with Crippen molar-refractivity contribution < 1.29 is 14.1 Å². The number of methoxy groups -OCH3 is 1. The van der Waals surface area contributed by atoms with E-state index in [1.54, 1.807) is 13.3 Å². The van der Waals surface area contributed by atoms with Crippen molar-refractivity contribution in [3.8, 4) is 5.75 Å². The Bertz CT molecular complexity index is 1160. The van der Waals surface area contributed by atoms with Gasteiger partial charge in [0, 0.05) is 24.9 Å². The lowest BCUT2D eigenvalue weighted by molar-refractivity contribution is -0.127. The van der Waals surface area contributed by atoms with Gasteiger partial charge in [-0.25, -0.2) is 0 Å². The molecule has 2 heterocycles. The van der Waals surface area contributed by atoms with E-state index in [2.05, 4.69) is 27.6 Å². The molecule has 4 atom stereocenters. The van der Waals surface area contributed by atoms with Crippen LogP contribution in [0.3, 0.4) is 0 Å². The summed E-state index contributed by atoms with van der Waals surface area (Å²) in [6.07, 6.45) is 7.84. The number of aromatic nitrogens is 3. The number of pyridine rings is 1. The van der Waals surface area contributed by atoms with Crippen LogP contribution in [0.25, 0.3) is 0 Å². The molecule has 1 amide bonds. The molecule has 0 radical (unpaired) electrons. The van der Waals surface area contributed by atoms with Crippen LogP contribution in [0.2, 0.25) is 0 Å². The Labute approximate surface area is 199 Å². The fourth-order valence-electron chi connectivity index (χ4n) is 6.24. The monoisotopic (exact) mass is 458 g/mol. The Balaban J connectivity index is 1.18. The smallest absolute Gasteiger partial charge is 0.230 e. The molecular weight excluding hydrogens is 428 g/mol. The molecule has 0 aliphatic heterocycles. The third-order valence-corrected chi connectivity index (χ3v) is 8.17. The fraction of sp³-hybridized carbons (Fsp3) is 0.481. The molecule has 7 heteroatoms. The van der Waals surface area contributed by atoms with Crippen LogP contribution in [-0.4, -0.2) is 34.7 Å². The van der Waals surface area contributed by atoms with Gasteiger partial charge in [-0.05, 0) is 73.8 Å². The van der Waals surface area contributed by atoms with E-state index in [-0.39, 0.29) is 23.2 Å². The second-order valence-corrected chi connectivity index (χ2v) is 10.0. The van der Waals surface area contributed by atoms with Crippen molar-refractivity contribution in [2.75, 3.05) is 13.7 Å². The van der Waals surface area contributed by atoms with E-state index in [1.807, 2.05) is 30.3 Å². The predicted molar refractivity (Wildman–Crippen MR) is 125 cm³/mol. The summed E-state index contributed by atoms with van der Waals surface area (Å²) in [5.41, 5.74) is 2.01. The zero-order chi connectivity index (χ0) is 23.1. The number of hydrogen-bond acceptors (Lipinski definition) is 6. The molecule has 0 unspecified atom stereocenters. The van der Waals surface area contributed by atoms with Gasteiger partial charge in [0.05, 0.1) is 24.4 Å². The normalized spacial score (nSPS) is 26.4. The SMILES string of the molecule is COc1ccc(C2(c3noc([C@H]4[C@@H]5CC[C@@H](C5)[C@@H]4C(=O)NCCc4ccccn4)n3)CC2)cc1. The lowest BCUT2D eigenvalue weighted by atomic mass is 9.78. The summed E-state index contributed by atoms with van der Waals surface area (Å²) in [7, 11) is 1.67. The van der Waals surface area contributed by atoms with Crippen LogP contribution in [0.4, 0.5) is 0 Å². The van der Waals surface area contributed by atoms with E-state index in [4.69, 9.17) is 14.2 Å². The van der Waals surface area contributed by atoms with E-state index in [9.17, 15) is 4.79 Å². The number of carbonyl (C=O) groups is 1. The number of nitrogens with zero attached hydrogens (tertiary/aromatic N) is 3. The van der Waals surface area contributed by atoms with Gasteiger partial charge in [-0.2, -0.15) is 4.98 Å². The summed E-state index contributed by atoms with van der Waals surface area (Å²) in [5, 5.41) is 7.60. The molecule has 3 fully saturated rings. The number of benzene rings is 1. The molecule has 2 aromatic heterocycles. The molecule has 0 spiro atoms. The number of hydrogen-bond donors (Lipinski definition) is 1. The quantitative estimate of drug-likeness (QED) is 0.548. The third-order valence-electron chi connectivity index (χ3n) is 8.17. The van der Waals surface area contributed by atoms with Gasteiger partial charge < -0.3 is 14.6 Å². The van der Waals surface area contributed by atoms with Crippen molar-refractivity contribution in [2.24, 2.45) is 17.8 Å². The Morgan fingerprint density at radius 3 is 2.71 bits per heavy atom. The maximum absolute atomic E-state index is 13.3. The maximum atomic E-state index is 13.3. The van der Waals surface area contributed by atoms with Gasteiger partial charge in [0.2, 0.25) is 11.8 Å². The van der Waals surface area contributed by atoms with Gasteiger partial charge in [-0.15, -0.1) is 0 Å². The zero-order valence-corrected chi connectivity index (χ0v) is 19.4. The Kier molecular flexibility index (Phi) is 5.35. The number of rotatable bonds is 8. The number of fused-ring (bicyclic) bond motifs is 2. The fourth-order valence-corrected chi connectivity index (χ4v) is 6.24. The number of amides is 1. The van der Waals surface area contributed by atoms with E-state index in [0.717, 1.165) is 55.8 Å². The summed E-state index contributed by atoms with van der Waals surface area (Å²) in [6.45, 7) is 0.589. The van der Waals surface area contributed by atoms with E-state index in [0.29, 0.717) is 24.3 Å². The second-order valence-electron chi connectivity index (χ2n) is 10.0. The van der Waals surface area contributed by atoms with Gasteiger partial charge in [0.25, 0.3) is 0 Å². The van der Waals surface area contributed by atoms with E-state index in [1.165, 1.54) is 5.56 Å². The largest absolute Gasteiger partial charge is 0.497 e. The van der Waals surface area contributed by atoms with Gasteiger partial charge in [-0.3, -0.25) is 9.78 Å². The van der Waals surface area contributed by atoms with Crippen molar-refractivity contribution in [1.29, 1.82) is 0 Å². The minimum atomic E-state index is -0.175. The molecule has 7 nitrogen and oxygen atoms in total. The van der Waals surface area contributed by atoms with Crippen molar-refractivity contribution in [3.63, 3.8) is 0 Å². The molecule has 3 saturated carbocycles. The van der Waals surface area contributed by atoms with Gasteiger partial charge >= 0.3 is 0 Å². The summed E-state index contributed by atoms with van der Waals surface area (Å²) < 4.78 is 11.2. The molecule has 3 aliphatic carbocycles. The molecule has 34 heavy (non-hydrogen) atoms. The first kappa shape index (κ1) is 21.3. The third kappa shape index (κ3) is 3.67. The molecule has 3 aliphatic rings. The molecule has 3 aromatic rings. The molecule has 1 N–H and O–H groups in total. The summed E-state index contributed by atoms with van der Waals surface area (Å²) in [5.74, 6) is 3.12. The molecule has 176 valence electrons. The highest BCUT2D eigenvalue weighted by Gasteiger charge is 2.55. The number of carbonyl (C=O) groups excluding carboxylic acids is 1. The highest BCUT2D eigenvalue weighted by molar-refractivity contribution is 5.80. The minimum Gasteiger partial charge on any atom is -0.497 e. The Hall–Kier alpha value is -3.22. The summed E-state index contributed by atoms with van der Waals surface area (Å²) in [6, 6.07) is 14.0. The van der Waals surface area contributed by atoms with Crippen LogP contribution in [0.1, 0.15) is 61.0 Å². The van der Waals surface area contributed by atoms with Crippen molar-refractivity contribution in [3.05, 3.63) is 71.6 Å². The predicted octanol–water partition coefficient (Wildman–Crippen LogP) is 4.04. The highest BCUT2D eigenvalue weighted by atomic mass is 16.5. The van der Waals surface area contributed by atoms with Crippen molar-refractivity contribution >= 4 is 5.91 Å². The number of ether oxygens (including phenoxy) is 1. The van der Waals surface area contributed by atoms with E-state index >= 15 is 0 Å². The van der Waals surface area contributed by atoms with Gasteiger partial charge in [-0.1, -0.05) is 23.4 Å². The van der Waals surface area contributed by atoms with Crippen molar-refractivity contribution in [1.82, 2.24) is 20.4 Å². The molecule has 2 bridgehead atoms.